The first-order valence-electron chi connectivity index (χ1n) is 7.33. The lowest BCUT2D eigenvalue weighted by Gasteiger charge is -2.06. The van der Waals surface area contributed by atoms with Gasteiger partial charge in [0.15, 0.2) is 0 Å². The van der Waals surface area contributed by atoms with Gasteiger partial charge in [-0.25, -0.2) is 4.79 Å². The molecule has 1 N–H and O–H groups in total. The Morgan fingerprint density at radius 2 is 1.57 bits per heavy atom. The molecule has 3 aromatic carbocycles. The van der Waals surface area contributed by atoms with Gasteiger partial charge in [-0.05, 0) is 34.4 Å². The van der Waals surface area contributed by atoms with E-state index in [0.29, 0.717) is 0 Å². The Kier molecular flexibility index (Phi) is 3.05. The van der Waals surface area contributed by atoms with Crippen molar-refractivity contribution < 1.29 is 9.90 Å². The van der Waals surface area contributed by atoms with E-state index in [0.717, 1.165) is 22.0 Å². The molecule has 0 aliphatic carbocycles. The third-order valence-corrected chi connectivity index (χ3v) is 4.06. The number of carbonyl (C=O) groups is 1. The minimum absolute atomic E-state index is 0.278. The monoisotopic (exact) mass is 299 g/mol. The fourth-order valence-electron chi connectivity index (χ4n) is 2.84. The number of fused-ring (bicyclic) bond motifs is 3. The minimum Gasteiger partial charge on any atom is -0.478 e. The Balaban J connectivity index is 1.85. The van der Waals surface area contributed by atoms with E-state index in [1.807, 2.05) is 24.4 Å². The number of pyridine rings is 1. The topological polar surface area (TPSA) is 50.2 Å². The second-order valence-corrected chi connectivity index (χ2v) is 5.46. The number of carboxylic acids is 1. The summed E-state index contributed by atoms with van der Waals surface area (Å²) < 4.78 is 0. The SMILES string of the molecule is O=C(O)c1ccc(-c2cc3ccc4ccccc4c3cn2)cc1. The first-order valence-corrected chi connectivity index (χ1v) is 7.33. The third-order valence-electron chi connectivity index (χ3n) is 4.06. The molecule has 0 spiro atoms. The van der Waals surface area contributed by atoms with E-state index in [-0.39, 0.29) is 5.56 Å². The van der Waals surface area contributed by atoms with Gasteiger partial charge >= 0.3 is 5.97 Å². The normalized spacial score (nSPS) is 11.0. The van der Waals surface area contributed by atoms with Gasteiger partial charge < -0.3 is 5.11 Å². The Morgan fingerprint density at radius 3 is 2.35 bits per heavy atom. The molecule has 23 heavy (non-hydrogen) atoms. The molecule has 3 heteroatoms. The molecule has 0 fully saturated rings. The standard InChI is InChI=1S/C20H13NO2/c22-20(23)15-8-6-14(7-9-15)19-11-16-10-5-13-3-1-2-4-17(13)18(16)12-21-19/h1-12H,(H,22,23). The van der Waals surface area contributed by atoms with Crippen molar-refractivity contribution in [3.8, 4) is 11.3 Å². The third kappa shape index (κ3) is 2.32. The zero-order chi connectivity index (χ0) is 15.8. The summed E-state index contributed by atoms with van der Waals surface area (Å²) in [7, 11) is 0. The maximum Gasteiger partial charge on any atom is 0.335 e. The van der Waals surface area contributed by atoms with E-state index in [2.05, 4.69) is 29.2 Å². The van der Waals surface area contributed by atoms with Crippen molar-refractivity contribution in [1.29, 1.82) is 0 Å². The Hall–Kier alpha value is -3.20. The second kappa shape index (κ2) is 5.21. The summed E-state index contributed by atoms with van der Waals surface area (Å²) in [6.45, 7) is 0. The lowest BCUT2D eigenvalue weighted by molar-refractivity contribution is 0.0697. The Bertz CT molecular complexity index is 1040. The molecule has 3 nitrogen and oxygen atoms in total. The van der Waals surface area contributed by atoms with Gasteiger partial charge in [0.1, 0.15) is 0 Å². The quantitative estimate of drug-likeness (QED) is 0.543. The van der Waals surface area contributed by atoms with Crippen LogP contribution in [0.3, 0.4) is 0 Å². The van der Waals surface area contributed by atoms with Crippen LogP contribution in [0.25, 0.3) is 32.8 Å². The highest BCUT2D eigenvalue weighted by atomic mass is 16.4. The van der Waals surface area contributed by atoms with Crippen molar-refractivity contribution in [1.82, 2.24) is 4.98 Å². The molecule has 0 unspecified atom stereocenters. The average molecular weight is 299 g/mol. The van der Waals surface area contributed by atoms with Gasteiger partial charge in [-0.2, -0.15) is 0 Å². The van der Waals surface area contributed by atoms with Crippen LogP contribution < -0.4 is 0 Å². The van der Waals surface area contributed by atoms with Gasteiger partial charge in [-0.3, -0.25) is 4.98 Å². The van der Waals surface area contributed by atoms with Crippen molar-refractivity contribution in [2.24, 2.45) is 0 Å². The van der Waals surface area contributed by atoms with Gasteiger partial charge in [-0.15, -0.1) is 0 Å². The highest BCUT2D eigenvalue weighted by Crippen LogP contribution is 2.28. The van der Waals surface area contributed by atoms with Crippen LogP contribution in [0, 0.1) is 0 Å². The molecule has 4 rings (SSSR count). The highest BCUT2D eigenvalue weighted by Gasteiger charge is 2.06. The molecule has 0 aliphatic rings. The van der Waals surface area contributed by atoms with Crippen LogP contribution in [0.2, 0.25) is 0 Å². The van der Waals surface area contributed by atoms with Crippen LogP contribution in [0.15, 0.2) is 72.9 Å². The van der Waals surface area contributed by atoms with Crippen molar-refractivity contribution in [2.75, 3.05) is 0 Å². The second-order valence-electron chi connectivity index (χ2n) is 5.46. The number of benzene rings is 3. The van der Waals surface area contributed by atoms with E-state index in [1.54, 1.807) is 24.3 Å². The van der Waals surface area contributed by atoms with Crippen LogP contribution in [0.1, 0.15) is 10.4 Å². The zero-order valence-corrected chi connectivity index (χ0v) is 12.2. The van der Waals surface area contributed by atoms with Gasteiger partial charge in [0, 0.05) is 17.1 Å². The number of aromatic carboxylic acids is 1. The molecule has 0 bridgehead atoms. The molecule has 1 aromatic heterocycles. The average Bonchev–Trinajstić information content (AvgIpc) is 2.61. The number of hydrogen-bond donors (Lipinski definition) is 1. The lowest BCUT2D eigenvalue weighted by atomic mass is 10.0. The summed E-state index contributed by atoms with van der Waals surface area (Å²) in [5.41, 5.74) is 2.02. The summed E-state index contributed by atoms with van der Waals surface area (Å²) >= 11 is 0. The summed E-state index contributed by atoms with van der Waals surface area (Å²) in [5.74, 6) is -0.922. The number of hydrogen-bond acceptors (Lipinski definition) is 2. The molecule has 110 valence electrons. The van der Waals surface area contributed by atoms with E-state index >= 15 is 0 Å². The number of nitrogens with zero attached hydrogens (tertiary/aromatic N) is 1. The van der Waals surface area contributed by atoms with E-state index < -0.39 is 5.97 Å². The zero-order valence-electron chi connectivity index (χ0n) is 12.2. The molecule has 0 saturated heterocycles. The first-order chi connectivity index (χ1) is 11.2. The first kappa shape index (κ1) is 13.5. The summed E-state index contributed by atoms with van der Waals surface area (Å²) in [5, 5.41) is 13.6. The van der Waals surface area contributed by atoms with Crippen molar-refractivity contribution in [3.63, 3.8) is 0 Å². The molecule has 1 heterocycles. The molecule has 0 saturated carbocycles. The molecule has 0 radical (unpaired) electrons. The van der Waals surface area contributed by atoms with Crippen LogP contribution in [-0.2, 0) is 0 Å². The van der Waals surface area contributed by atoms with Crippen LogP contribution in [0.5, 0.6) is 0 Å². The van der Waals surface area contributed by atoms with Gasteiger partial charge in [-0.1, -0.05) is 48.5 Å². The van der Waals surface area contributed by atoms with Crippen molar-refractivity contribution >= 4 is 27.5 Å². The maximum absolute atomic E-state index is 10.9. The molecular weight excluding hydrogens is 286 g/mol. The summed E-state index contributed by atoms with van der Waals surface area (Å²) in [6, 6.07) is 21.3. The van der Waals surface area contributed by atoms with E-state index in [4.69, 9.17) is 5.11 Å². The molecule has 0 amide bonds. The van der Waals surface area contributed by atoms with E-state index in [1.165, 1.54) is 10.8 Å². The molecule has 0 atom stereocenters. The van der Waals surface area contributed by atoms with Crippen LogP contribution in [-0.4, -0.2) is 16.1 Å². The Labute approximate surface area is 132 Å². The van der Waals surface area contributed by atoms with Crippen molar-refractivity contribution in [3.05, 3.63) is 78.5 Å². The summed E-state index contributed by atoms with van der Waals surface area (Å²) in [4.78, 5) is 15.5. The van der Waals surface area contributed by atoms with Gasteiger partial charge in [0.2, 0.25) is 0 Å². The molecule has 0 aliphatic heterocycles. The van der Waals surface area contributed by atoms with Crippen LogP contribution >= 0.6 is 0 Å². The molecule has 4 aromatic rings. The minimum atomic E-state index is -0.922. The van der Waals surface area contributed by atoms with Crippen LogP contribution in [0.4, 0.5) is 0 Å². The fraction of sp³-hybridized carbons (Fsp3) is 0. The van der Waals surface area contributed by atoms with Crippen molar-refractivity contribution in [2.45, 2.75) is 0 Å². The smallest absolute Gasteiger partial charge is 0.335 e. The Morgan fingerprint density at radius 1 is 0.826 bits per heavy atom. The fourth-order valence-corrected chi connectivity index (χ4v) is 2.84. The maximum atomic E-state index is 10.9. The number of rotatable bonds is 2. The predicted molar refractivity (Wildman–Crippen MR) is 91.6 cm³/mol. The molecular formula is C20H13NO2. The largest absolute Gasteiger partial charge is 0.478 e. The lowest BCUT2D eigenvalue weighted by Crippen LogP contribution is -1.95. The number of carboxylic acid groups (broad SMARTS) is 1. The van der Waals surface area contributed by atoms with E-state index in [9.17, 15) is 4.79 Å². The summed E-state index contributed by atoms with van der Waals surface area (Å²) in [6.07, 6.45) is 1.89. The number of aromatic nitrogens is 1. The van der Waals surface area contributed by atoms with Gasteiger partial charge in [0.25, 0.3) is 0 Å². The van der Waals surface area contributed by atoms with Gasteiger partial charge in [0.05, 0.1) is 11.3 Å². The predicted octanol–water partition coefficient (Wildman–Crippen LogP) is 4.75. The highest BCUT2D eigenvalue weighted by molar-refractivity contribution is 6.07.